The van der Waals surface area contributed by atoms with Gasteiger partial charge in [0.1, 0.15) is 6.10 Å². The largest absolute Gasteiger partial charge is 0.465 e. The van der Waals surface area contributed by atoms with Crippen molar-refractivity contribution in [3.05, 3.63) is 11.6 Å². The molecule has 1 aliphatic carbocycles. The van der Waals surface area contributed by atoms with Crippen LogP contribution >= 0.6 is 0 Å². The van der Waals surface area contributed by atoms with Crippen LogP contribution in [-0.2, 0) is 9.53 Å². The van der Waals surface area contributed by atoms with Crippen LogP contribution in [0.15, 0.2) is 11.6 Å². The summed E-state index contributed by atoms with van der Waals surface area (Å²) in [6.07, 6.45) is 5.97. The number of carbonyl (C=O) groups excluding carboxylic acids is 1. The third-order valence-electron chi connectivity index (χ3n) is 2.41. The van der Waals surface area contributed by atoms with E-state index in [1.807, 2.05) is 13.8 Å². The van der Waals surface area contributed by atoms with Crippen LogP contribution in [0, 0.1) is 0 Å². The normalized spacial score (nSPS) is 19.4. The maximum Gasteiger partial charge on any atom is 0.293 e. The SMILES string of the molecule is CC.CC1=CCN(C)CC1.O=COC1CC1. The summed E-state index contributed by atoms with van der Waals surface area (Å²) >= 11 is 0. The lowest BCUT2D eigenvalue weighted by atomic mass is 10.1. The topological polar surface area (TPSA) is 29.5 Å². The number of hydrogen-bond donors (Lipinski definition) is 0. The molecule has 3 heteroatoms. The van der Waals surface area contributed by atoms with Crippen LogP contribution < -0.4 is 0 Å². The highest BCUT2D eigenvalue weighted by molar-refractivity contribution is 5.37. The number of nitrogens with zero attached hydrogens (tertiary/aromatic N) is 1. The molecule has 1 fully saturated rings. The van der Waals surface area contributed by atoms with Crippen molar-refractivity contribution in [2.45, 2.75) is 46.1 Å². The Hall–Kier alpha value is -0.830. The van der Waals surface area contributed by atoms with Crippen molar-refractivity contribution >= 4 is 6.47 Å². The van der Waals surface area contributed by atoms with Crippen molar-refractivity contribution in [1.29, 1.82) is 0 Å². The molecule has 2 aliphatic rings. The van der Waals surface area contributed by atoms with Gasteiger partial charge in [0.25, 0.3) is 6.47 Å². The molecule has 0 unspecified atom stereocenters. The van der Waals surface area contributed by atoms with Crippen LogP contribution in [0.5, 0.6) is 0 Å². The Morgan fingerprint density at radius 3 is 2.31 bits per heavy atom. The minimum atomic E-state index is 0.280. The second-order valence-corrected chi connectivity index (χ2v) is 3.99. The van der Waals surface area contributed by atoms with Gasteiger partial charge in [-0.3, -0.25) is 4.79 Å². The Balaban J connectivity index is 0.000000251. The summed E-state index contributed by atoms with van der Waals surface area (Å²) in [7, 11) is 2.16. The third kappa shape index (κ3) is 8.48. The van der Waals surface area contributed by atoms with Gasteiger partial charge < -0.3 is 9.64 Å². The van der Waals surface area contributed by atoms with Crippen molar-refractivity contribution in [1.82, 2.24) is 4.90 Å². The molecule has 0 aromatic rings. The minimum absolute atomic E-state index is 0.280. The van der Waals surface area contributed by atoms with E-state index in [4.69, 9.17) is 0 Å². The van der Waals surface area contributed by atoms with Gasteiger partial charge in [0.2, 0.25) is 0 Å². The molecule has 1 aliphatic heterocycles. The Morgan fingerprint density at radius 2 is 2.06 bits per heavy atom. The average Bonchev–Trinajstić information content (AvgIpc) is 3.11. The molecule has 0 saturated heterocycles. The first-order valence-corrected chi connectivity index (χ1v) is 6.15. The summed E-state index contributed by atoms with van der Waals surface area (Å²) in [4.78, 5) is 11.8. The van der Waals surface area contributed by atoms with E-state index in [-0.39, 0.29) is 6.10 Å². The lowest BCUT2D eigenvalue weighted by Gasteiger charge is -2.19. The van der Waals surface area contributed by atoms with E-state index in [0.717, 1.165) is 19.4 Å². The molecule has 0 N–H and O–H groups in total. The maximum absolute atomic E-state index is 9.43. The first-order valence-electron chi connectivity index (χ1n) is 6.15. The van der Waals surface area contributed by atoms with Gasteiger partial charge in [0.05, 0.1) is 0 Å². The average molecular weight is 227 g/mol. The summed E-state index contributed by atoms with van der Waals surface area (Å²) in [5, 5.41) is 0. The molecule has 0 aromatic heterocycles. The molecule has 0 radical (unpaired) electrons. The van der Waals surface area contributed by atoms with E-state index in [9.17, 15) is 4.79 Å². The van der Waals surface area contributed by atoms with Crippen LogP contribution in [0.3, 0.4) is 0 Å². The molecule has 2 rings (SSSR count). The minimum Gasteiger partial charge on any atom is -0.465 e. The van der Waals surface area contributed by atoms with E-state index in [2.05, 4.69) is 29.7 Å². The quantitative estimate of drug-likeness (QED) is 0.536. The zero-order valence-corrected chi connectivity index (χ0v) is 11.0. The second-order valence-electron chi connectivity index (χ2n) is 3.99. The summed E-state index contributed by atoms with van der Waals surface area (Å²) in [5.41, 5.74) is 1.54. The van der Waals surface area contributed by atoms with Crippen LogP contribution in [0.1, 0.15) is 40.0 Å². The molecule has 3 nitrogen and oxygen atoms in total. The number of hydrogen-bond acceptors (Lipinski definition) is 3. The number of rotatable bonds is 2. The highest BCUT2D eigenvalue weighted by Gasteiger charge is 2.21. The maximum atomic E-state index is 9.43. The first kappa shape index (κ1) is 15.2. The van der Waals surface area contributed by atoms with Crippen molar-refractivity contribution in [2.75, 3.05) is 20.1 Å². The number of ether oxygens (including phenoxy) is 1. The monoisotopic (exact) mass is 227 g/mol. The van der Waals surface area contributed by atoms with Gasteiger partial charge >= 0.3 is 0 Å². The van der Waals surface area contributed by atoms with Gasteiger partial charge in [-0.05, 0) is 33.2 Å². The van der Waals surface area contributed by atoms with Gasteiger partial charge in [-0.2, -0.15) is 0 Å². The van der Waals surface area contributed by atoms with Crippen LogP contribution in [0.4, 0.5) is 0 Å². The van der Waals surface area contributed by atoms with E-state index in [0.29, 0.717) is 6.47 Å². The fourth-order valence-electron chi connectivity index (χ4n) is 1.15. The number of likely N-dealkylation sites (N-methyl/N-ethyl adjacent to an activating group) is 1. The van der Waals surface area contributed by atoms with Crippen LogP contribution in [-0.4, -0.2) is 37.6 Å². The molecule has 1 saturated carbocycles. The van der Waals surface area contributed by atoms with Gasteiger partial charge in [0.15, 0.2) is 0 Å². The Bertz CT molecular complexity index is 210. The molecular formula is C13H25NO2. The standard InChI is InChI=1S/C7H13N.C4H6O2.C2H6/c1-7-3-5-8(2)6-4-7;5-3-6-4-1-2-4;1-2/h3H,4-6H2,1-2H3;3-4H,1-2H2;1-2H3. The smallest absolute Gasteiger partial charge is 0.293 e. The summed E-state index contributed by atoms with van der Waals surface area (Å²) < 4.78 is 4.47. The zero-order chi connectivity index (χ0) is 12.4. The van der Waals surface area contributed by atoms with E-state index in [1.54, 1.807) is 5.57 Å². The summed E-state index contributed by atoms with van der Waals surface area (Å²) in [6, 6.07) is 0. The Labute approximate surface area is 99.5 Å². The summed E-state index contributed by atoms with van der Waals surface area (Å²) in [6.45, 7) is 9.10. The lowest BCUT2D eigenvalue weighted by molar-refractivity contribution is -0.129. The molecule has 0 spiro atoms. The van der Waals surface area contributed by atoms with E-state index in [1.165, 1.54) is 13.0 Å². The van der Waals surface area contributed by atoms with Crippen LogP contribution in [0.25, 0.3) is 0 Å². The predicted molar refractivity (Wildman–Crippen MR) is 67.4 cm³/mol. The lowest BCUT2D eigenvalue weighted by Crippen LogP contribution is -2.23. The van der Waals surface area contributed by atoms with Crippen LogP contribution in [0.2, 0.25) is 0 Å². The van der Waals surface area contributed by atoms with Gasteiger partial charge in [0, 0.05) is 13.1 Å². The molecule has 0 bridgehead atoms. The molecule has 94 valence electrons. The summed E-state index contributed by atoms with van der Waals surface area (Å²) in [5.74, 6) is 0. The Kier molecular flexibility index (Phi) is 8.91. The van der Waals surface area contributed by atoms with Crippen molar-refractivity contribution in [2.24, 2.45) is 0 Å². The fourth-order valence-corrected chi connectivity index (χ4v) is 1.15. The number of carbonyl (C=O) groups is 1. The van der Waals surface area contributed by atoms with E-state index < -0.39 is 0 Å². The predicted octanol–water partition coefficient (Wildman–Crippen LogP) is 2.62. The second kappa shape index (κ2) is 9.40. The Morgan fingerprint density at radius 1 is 1.44 bits per heavy atom. The molecule has 1 heterocycles. The van der Waals surface area contributed by atoms with Crippen molar-refractivity contribution in [3.8, 4) is 0 Å². The van der Waals surface area contributed by atoms with E-state index >= 15 is 0 Å². The highest BCUT2D eigenvalue weighted by Crippen LogP contribution is 2.21. The molecule has 0 atom stereocenters. The zero-order valence-electron chi connectivity index (χ0n) is 11.0. The molecule has 0 aromatic carbocycles. The van der Waals surface area contributed by atoms with Gasteiger partial charge in [-0.25, -0.2) is 0 Å². The fraction of sp³-hybridized carbons (Fsp3) is 0.769. The van der Waals surface area contributed by atoms with Crippen molar-refractivity contribution < 1.29 is 9.53 Å². The van der Waals surface area contributed by atoms with Crippen molar-refractivity contribution in [3.63, 3.8) is 0 Å². The third-order valence-corrected chi connectivity index (χ3v) is 2.41. The highest BCUT2D eigenvalue weighted by atomic mass is 16.5. The first-order chi connectivity index (χ1) is 7.72. The molecule has 16 heavy (non-hydrogen) atoms. The molecular weight excluding hydrogens is 202 g/mol. The molecule has 0 amide bonds. The van der Waals surface area contributed by atoms with Gasteiger partial charge in [-0.15, -0.1) is 0 Å². The van der Waals surface area contributed by atoms with Gasteiger partial charge in [-0.1, -0.05) is 25.5 Å².